The first-order valence-corrected chi connectivity index (χ1v) is 9.86. The molecule has 0 spiro atoms. The summed E-state index contributed by atoms with van der Waals surface area (Å²) in [4.78, 5) is 23.4. The van der Waals surface area contributed by atoms with Gasteiger partial charge in [-0.15, -0.1) is 5.10 Å². The van der Waals surface area contributed by atoms with Crippen LogP contribution in [0.2, 0.25) is 0 Å². The van der Waals surface area contributed by atoms with Crippen molar-refractivity contribution in [1.82, 2.24) is 20.6 Å². The molecule has 33 heavy (non-hydrogen) atoms. The molecule has 10 heteroatoms. The molecule has 0 fully saturated rings. The van der Waals surface area contributed by atoms with Crippen molar-refractivity contribution in [2.24, 2.45) is 0 Å². The van der Waals surface area contributed by atoms with E-state index in [9.17, 15) is 14.9 Å². The minimum atomic E-state index is -0.781. The lowest BCUT2D eigenvalue weighted by atomic mass is 10.0. The minimum Gasteiger partial charge on any atom is -0.489 e. The van der Waals surface area contributed by atoms with Gasteiger partial charge in [0.2, 0.25) is 5.58 Å². The van der Waals surface area contributed by atoms with Gasteiger partial charge >= 0.3 is 11.3 Å². The molecule has 5 aromatic rings. The van der Waals surface area contributed by atoms with Crippen LogP contribution in [0.3, 0.4) is 0 Å². The van der Waals surface area contributed by atoms with E-state index in [2.05, 4.69) is 20.6 Å². The van der Waals surface area contributed by atoms with Crippen molar-refractivity contribution in [3.05, 3.63) is 98.9 Å². The van der Waals surface area contributed by atoms with Crippen molar-refractivity contribution in [3.8, 4) is 28.3 Å². The first-order chi connectivity index (χ1) is 16.1. The number of nitro groups is 1. The molecule has 0 aliphatic heterocycles. The lowest BCUT2D eigenvalue weighted by molar-refractivity contribution is -0.383. The third-order valence-electron chi connectivity index (χ3n) is 5.05. The van der Waals surface area contributed by atoms with Gasteiger partial charge in [0.1, 0.15) is 17.9 Å². The number of rotatable bonds is 6. The van der Waals surface area contributed by atoms with E-state index in [1.165, 1.54) is 12.1 Å². The number of aromatic amines is 1. The van der Waals surface area contributed by atoms with Crippen molar-refractivity contribution in [2.45, 2.75) is 6.61 Å². The zero-order valence-corrected chi connectivity index (χ0v) is 17.0. The second-order valence-electron chi connectivity index (χ2n) is 7.17. The third-order valence-corrected chi connectivity index (χ3v) is 5.05. The predicted molar refractivity (Wildman–Crippen MR) is 119 cm³/mol. The summed E-state index contributed by atoms with van der Waals surface area (Å²) in [5.41, 5.74) is 1.23. The second-order valence-corrected chi connectivity index (χ2v) is 7.17. The number of ether oxygens (including phenoxy) is 1. The Morgan fingerprint density at radius 1 is 1.00 bits per heavy atom. The second kappa shape index (κ2) is 8.35. The molecule has 0 amide bonds. The lowest BCUT2D eigenvalue weighted by Gasteiger charge is -2.09. The molecule has 2 aromatic heterocycles. The van der Waals surface area contributed by atoms with E-state index in [1.807, 2.05) is 42.5 Å². The van der Waals surface area contributed by atoms with Crippen LogP contribution in [-0.4, -0.2) is 25.5 Å². The normalized spacial score (nSPS) is 10.9. The molecule has 1 N–H and O–H groups in total. The summed E-state index contributed by atoms with van der Waals surface area (Å²) in [7, 11) is 0. The number of aromatic nitrogens is 4. The first kappa shape index (κ1) is 20.1. The van der Waals surface area contributed by atoms with Crippen LogP contribution in [0.15, 0.2) is 82.0 Å². The van der Waals surface area contributed by atoms with Gasteiger partial charge in [-0.25, -0.2) is 9.89 Å². The maximum atomic E-state index is 12.3. The van der Waals surface area contributed by atoms with Crippen LogP contribution in [0.1, 0.15) is 5.56 Å². The number of benzene rings is 3. The van der Waals surface area contributed by atoms with E-state index < -0.39 is 10.5 Å². The summed E-state index contributed by atoms with van der Waals surface area (Å²) >= 11 is 0. The fraction of sp³-hybridized carbons (Fsp3) is 0.0435. The highest BCUT2D eigenvalue weighted by atomic mass is 16.6. The van der Waals surface area contributed by atoms with Crippen LogP contribution in [0.5, 0.6) is 5.75 Å². The Bertz CT molecular complexity index is 1500. The van der Waals surface area contributed by atoms with Crippen molar-refractivity contribution in [2.75, 3.05) is 0 Å². The average Bonchev–Trinajstić information content (AvgIpc) is 3.37. The number of tetrazole rings is 1. The van der Waals surface area contributed by atoms with Gasteiger partial charge in [0, 0.05) is 11.5 Å². The van der Waals surface area contributed by atoms with Gasteiger partial charge in [-0.3, -0.25) is 10.1 Å². The molecule has 0 aliphatic rings. The monoisotopic (exact) mass is 441 g/mol. The van der Waals surface area contributed by atoms with Gasteiger partial charge in [0.15, 0.2) is 5.82 Å². The fourth-order valence-corrected chi connectivity index (χ4v) is 3.44. The van der Waals surface area contributed by atoms with Crippen LogP contribution >= 0.6 is 0 Å². The molecule has 0 bridgehead atoms. The number of fused-ring (bicyclic) bond motifs is 1. The van der Waals surface area contributed by atoms with Crippen LogP contribution < -0.4 is 10.4 Å². The van der Waals surface area contributed by atoms with Crippen molar-refractivity contribution in [1.29, 1.82) is 0 Å². The van der Waals surface area contributed by atoms with Crippen LogP contribution in [0.4, 0.5) is 5.69 Å². The molecule has 0 atom stereocenters. The van der Waals surface area contributed by atoms with E-state index >= 15 is 0 Å². The summed E-state index contributed by atoms with van der Waals surface area (Å²) in [6.07, 6.45) is 0. The molecule has 0 saturated carbocycles. The summed E-state index contributed by atoms with van der Waals surface area (Å²) < 4.78 is 11.1. The number of nitrogens with one attached hydrogen (secondary N) is 1. The van der Waals surface area contributed by atoms with Crippen LogP contribution in [0.25, 0.3) is 33.5 Å². The van der Waals surface area contributed by atoms with Gasteiger partial charge < -0.3 is 9.15 Å². The van der Waals surface area contributed by atoms with Crippen LogP contribution in [0, 0.1) is 10.1 Å². The number of nitrogens with zero attached hydrogens (tertiary/aromatic N) is 4. The zero-order valence-electron chi connectivity index (χ0n) is 17.0. The van der Waals surface area contributed by atoms with Crippen molar-refractivity contribution >= 4 is 16.7 Å². The van der Waals surface area contributed by atoms with E-state index in [1.54, 1.807) is 18.2 Å². The fourth-order valence-electron chi connectivity index (χ4n) is 3.44. The molecular weight excluding hydrogens is 426 g/mol. The van der Waals surface area contributed by atoms with Crippen molar-refractivity contribution in [3.63, 3.8) is 0 Å². The Hall–Kier alpha value is -4.86. The maximum Gasteiger partial charge on any atom is 0.347 e. The highest BCUT2D eigenvalue weighted by Crippen LogP contribution is 2.33. The molecule has 162 valence electrons. The van der Waals surface area contributed by atoms with Gasteiger partial charge in [-0.1, -0.05) is 42.5 Å². The molecular formula is C23H15N5O5. The van der Waals surface area contributed by atoms with Gasteiger partial charge in [0.25, 0.3) is 0 Å². The van der Waals surface area contributed by atoms with E-state index in [4.69, 9.17) is 9.15 Å². The quantitative estimate of drug-likeness (QED) is 0.236. The number of non-ortho nitro benzene ring substituents is 1. The highest BCUT2D eigenvalue weighted by Gasteiger charge is 2.20. The van der Waals surface area contributed by atoms with Gasteiger partial charge in [-0.05, 0) is 51.4 Å². The zero-order chi connectivity index (χ0) is 22.8. The molecule has 3 aromatic carbocycles. The Kier molecular flexibility index (Phi) is 5.07. The highest BCUT2D eigenvalue weighted by molar-refractivity contribution is 5.92. The Balaban J connectivity index is 1.51. The van der Waals surface area contributed by atoms with E-state index in [0.717, 1.165) is 11.1 Å². The number of hydrogen-bond donors (Lipinski definition) is 1. The van der Waals surface area contributed by atoms with E-state index in [-0.39, 0.29) is 22.7 Å². The Morgan fingerprint density at radius 3 is 2.48 bits per heavy atom. The third kappa shape index (κ3) is 4.04. The number of hydrogen-bond acceptors (Lipinski definition) is 8. The molecule has 5 rings (SSSR count). The topological polar surface area (TPSA) is 137 Å². The van der Waals surface area contributed by atoms with E-state index in [0.29, 0.717) is 23.3 Å². The maximum absolute atomic E-state index is 12.3. The average molecular weight is 441 g/mol. The van der Waals surface area contributed by atoms with Gasteiger partial charge in [-0.2, -0.15) is 0 Å². The summed E-state index contributed by atoms with van der Waals surface area (Å²) in [5.74, 6) is 0.780. The molecule has 2 heterocycles. The number of H-pyrrole nitrogens is 1. The largest absolute Gasteiger partial charge is 0.489 e. The van der Waals surface area contributed by atoms with Crippen molar-refractivity contribution < 1.29 is 14.1 Å². The molecule has 0 aliphatic carbocycles. The molecule has 0 saturated heterocycles. The SMILES string of the molecule is O=c1oc2c([N+](=O)[O-])cc(-c3ccc(OCc4ccccc4)cc3)cc2cc1-c1nnn[nH]1. The molecule has 0 unspecified atom stereocenters. The summed E-state index contributed by atoms with van der Waals surface area (Å²) in [6.45, 7) is 0.430. The summed E-state index contributed by atoms with van der Waals surface area (Å²) in [6, 6.07) is 21.6. The molecule has 10 nitrogen and oxygen atoms in total. The predicted octanol–water partition coefficient (Wildman–Crippen LogP) is 4.13. The molecule has 0 radical (unpaired) electrons. The summed E-state index contributed by atoms with van der Waals surface area (Å²) in [5, 5.41) is 25.2. The van der Waals surface area contributed by atoms with Gasteiger partial charge in [0.05, 0.1) is 4.92 Å². The first-order valence-electron chi connectivity index (χ1n) is 9.86. The number of nitro benzene ring substituents is 1. The lowest BCUT2D eigenvalue weighted by Crippen LogP contribution is -2.05. The van der Waals surface area contributed by atoms with Crippen LogP contribution in [-0.2, 0) is 6.61 Å². The smallest absolute Gasteiger partial charge is 0.347 e. The Morgan fingerprint density at radius 2 is 1.79 bits per heavy atom. The standard InChI is InChI=1S/C23H15N5O5/c29-23-19(22-24-26-27-25-22)11-17-10-16(12-20(28(30)31)21(17)33-23)15-6-8-18(9-7-15)32-13-14-4-2-1-3-5-14/h1-12H,13H2,(H,24,25,26,27). The minimum absolute atomic E-state index is 0.0728. The Labute approximate surface area is 185 Å².